The van der Waals surface area contributed by atoms with Crippen LogP contribution >= 0.6 is 0 Å². The van der Waals surface area contributed by atoms with Crippen molar-refractivity contribution in [1.82, 2.24) is 0 Å². The number of carbonyl (C=O) groups is 1. The fourth-order valence-electron chi connectivity index (χ4n) is 1.15. The molecule has 86 valence electrons. The largest absolute Gasteiger partial charge is 0.486 e. The van der Waals surface area contributed by atoms with Crippen molar-refractivity contribution >= 4 is 17.2 Å². The summed E-state index contributed by atoms with van der Waals surface area (Å²) in [5.41, 5.74) is 5.18. The lowest BCUT2D eigenvalue weighted by atomic mass is 10.1. The van der Waals surface area contributed by atoms with Crippen molar-refractivity contribution in [2.45, 2.75) is 6.92 Å². The van der Waals surface area contributed by atoms with Gasteiger partial charge in [0.1, 0.15) is 24.0 Å². The van der Waals surface area contributed by atoms with Gasteiger partial charge < -0.3 is 10.5 Å². The molecule has 16 heavy (non-hydrogen) atoms. The maximum Gasteiger partial charge on any atom is 0.167 e. The van der Waals surface area contributed by atoms with Gasteiger partial charge in [-0.3, -0.25) is 4.79 Å². The molecular formula is C11H11F2NO2. The first kappa shape index (κ1) is 12.2. The van der Waals surface area contributed by atoms with Crippen LogP contribution in [0.1, 0.15) is 12.5 Å². The summed E-state index contributed by atoms with van der Waals surface area (Å²) in [5, 5.41) is 0. The second-order valence-corrected chi connectivity index (χ2v) is 3.27. The van der Waals surface area contributed by atoms with E-state index in [0.29, 0.717) is 6.07 Å². The third-order valence-electron chi connectivity index (χ3n) is 1.81. The molecule has 0 spiro atoms. The van der Waals surface area contributed by atoms with Gasteiger partial charge in [0, 0.05) is 11.8 Å². The first-order chi connectivity index (χ1) is 7.41. The van der Waals surface area contributed by atoms with Crippen LogP contribution in [0.4, 0.5) is 14.5 Å². The van der Waals surface area contributed by atoms with E-state index in [9.17, 15) is 13.6 Å². The Kier molecular flexibility index (Phi) is 3.60. The Morgan fingerprint density at radius 2 is 2.12 bits per heavy atom. The van der Waals surface area contributed by atoms with Crippen LogP contribution in [0, 0.1) is 11.6 Å². The van der Waals surface area contributed by atoms with Crippen LogP contribution in [0.3, 0.4) is 0 Å². The number of benzene rings is 1. The Labute approximate surface area is 91.5 Å². The lowest BCUT2D eigenvalue weighted by molar-refractivity contribution is -0.119. The van der Waals surface area contributed by atoms with Gasteiger partial charge in [0.2, 0.25) is 0 Å². The fourth-order valence-corrected chi connectivity index (χ4v) is 1.15. The monoisotopic (exact) mass is 227 g/mol. The Bertz CT molecular complexity index is 421. The maximum atomic E-state index is 13.3. The van der Waals surface area contributed by atoms with E-state index in [0.717, 1.165) is 6.07 Å². The van der Waals surface area contributed by atoms with Gasteiger partial charge in [0.15, 0.2) is 5.78 Å². The zero-order valence-electron chi connectivity index (χ0n) is 8.72. The minimum atomic E-state index is -0.869. The van der Waals surface area contributed by atoms with Gasteiger partial charge in [0.05, 0.1) is 5.56 Å². The summed E-state index contributed by atoms with van der Waals surface area (Å²) in [6.07, 6.45) is 0. The third-order valence-corrected chi connectivity index (χ3v) is 1.81. The highest BCUT2D eigenvalue weighted by molar-refractivity contribution is 5.78. The first-order valence-corrected chi connectivity index (χ1v) is 4.48. The summed E-state index contributed by atoms with van der Waals surface area (Å²) in [5.74, 6) is -1.98. The topological polar surface area (TPSA) is 52.3 Å². The molecule has 1 rings (SSSR count). The predicted octanol–water partition coefficient (Wildman–Crippen LogP) is 2.12. The maximum absolute atomic E-state index is 13.3. The van der Waals surface area contributed by atoms with Crippen molar-refractivity contribution in [3.8, 4) is 0 Å². The molecule has 0 bridgehead atoms. The molecule has 0 saturated carbocycles. The fraction of sp³-hybridized carbons (Fsp3) is 0.182. The number of halogens is 2. The van der Waals surface area contributed by atoms with Crippen molar-refractivity contribution < 1.29 is 18.3 Å². The molecular weight excluding hydrogens is 216 g/mol. The molecule has 1 aromatic rings. The quantitative estimate of drug-likeness (QED) is 0.633. The average Bonchev–Trinajstić information content (AvgIpc) is 2.12. The lowest BCUT2D eigenvalue weighted by Crippen LogP contribution is -2.06. The highest BCUT2D eigenvalue weighted by Gasteiger charge is 2.13. The highest BCUT2D eigenvalue weighted by Crippen LogP contribution is 2.25. The minimum Gasteiger partial charge on any atom is -0.486 e. The van der Waals surface area contributed by atoms with E-state index in [1.807, 2.05) is 0 Å². The number of Topliss-reactive ketones (excluding diaryl/α,β-unsaturated/α-hetero) is 1. The van der Waals surface area contributed by atoms with Crippen LogP contribution in [-0.2, 0) is 9.53 Å². The van der Waals surface area contributed by atoms with E-state index in [-0.39, 0.29) is 29.4 Å². The van der Waals surface area contributed by atoms with Crippen LogP contribution in [0.2, 0.25) is 0 Å². The minimum absolute atomic E-state index is 0.0924. The number of rotatable bonds is 4. The molecule has 0 fully saturated rings. The summed E-state index contributed by atoms with van der Waals surface area (Å²) in [7, 11) is 0. The third kappa shape index (κ3) is 2.79. The average molecular weight is 227 g/mol. The molecule has 0 amide bonds. The second kappa shape index (κ2) is 4.74. The van der Waals surface area contributed by atoms with E-state index < -0.39 is 11.6 Å². The van der Waals surface area contributed by atoms with Gasteiger partial charge in [0.25, 0.3) is 0 Å². The van der Waals surface area contributed by atoms with Crippen LogP contribution < -0.4 is 5.73 Å². The molecule has 0 aromatic heterocycles. The Morgan fingerprint density at radius 3 is 2.62 bits per heavy atom. The molecule has 3 nitrogen and oxygen atoms in total. The van der Waals surface area contributed by atoms with Gasteiger partial charge in [-0.05, 0) is 13.0 Å². The molecule has 1 aromatic carbocycles. The van der Waals surface area contributed by atoms with E-state index in [1.165, 1.54) is 6.92 Å². The number of hydrogen-bond donors (Lipinski definition) is 1. The Hall–Kier alpha value is -1.91. The van der Waals surface area contributed by atoms with Crippen LogP contribution in [0.5, 0.6) is 0 Å². The molecule has 0 atom stereocenters. The molecule has 0 aliphatic heterocycles. The van der Waals surface area contributed by atoms with E-state index in [2.05, 4.69) is 6.58 Å². The van der Waals surface area contributed by atoms with E-state index >= 15 is 0 Å². The van der Waals surface area contributed by atoms with Crippen molar-refractivity contribution in [3.05, 3.63) is 35.9 Å². The number of ketones is 1. The summed E-state index contributed by atoms with van der Waals surface area (Å²) in [6, 6.07) is 1.63. The number of nitrogens with two attached hydrogens (primary N) is 1. The Morgan fingerprint density at radius 1 is 1.50 bits per heavy atom. The second-order valence-electron chi connectivity index (χ2n) is 3.27. The van der Waals surface area contributed by atoms with Crippen LogP contribution in [0.25, 0.3) is 5.76 Å². The first-order valence-electron chi connectivity index (χ1n) is 4.48. The molecule has 0 heterocycles. The number of anilines is 1. The summed E-state index contributed by atoms with van der Waals surface area (Å²) < 4.78 is 31.0. The SMILES string of the molecule is C=C(OCC(C)=O)c1c(N)cc(F)cc1F. The summed E-state index contributed by atoms with van der Waals surface area (Å²) in [4.78, 5) is 10.7. The smallest absolute Gasteiger partial charge is 0.167 e. The van der Waals surface area contributed by atoms with Gasteiger partial charge in [-0.2, -0.15) is 0 Å². The van der Waals surface area contributed by atoms with Crippen LogP contribution in [0.15, 0.2) is 18.7 Å². The van der Waals surface area contributed by atoms with E-state index in [4.69, 9.17) is 10.5 Å². The number of ether oxygens (including phenoxy) is 1. The molecule has 0 unspecified atom stereocenters. The predicted molar refractivity (Wildman–Crippen MR) is 56.4 cm³/mol. The summed E-state index contributed by atoms with van der Waals surface area (Å²) >= 11 is 0. The van der Waals surface area contributed by atoms with Crippen molar-refractivity contribution in [2.24, 2.45) is 0 Å². The van der Waals surface area contributed by atoms with Gasteiger partial charge in [-0.15, -0.1) is 0 Å². The zero-order chi connectivity index (χ0) is 12.3. The van der Waals surface area contributed by atoms with E-state index in [1.54, 1.807) is 0 Å². The Balaban J connectivity index is 2.95. The summed E-state index contributed by atoms with van der Waals surface area (Å²) in [6.45, 7) is 4.52. The molecule has 0 aliphatic carbocycles. The molecule has 2 N–H and O–H groups in total. The lowest BCUT2D eigenvalue weighted by Gasteiger charge is -2.11. The van der Waals surface area contributed by atoms with Gasteiger partial charge >= 0.3 is 0 Å². The number of nitrogen functional groups attached to an aromatic ring is 1. The van der Waals surface area contributed by atoms with Crippen molar-refractivity contribution in [3.63, 3.8) is 0 Å². The number of hydrogen-bond acceptors (Lipinski definition) is 3. The van der Waals surface area contributed by atoms with Crippen LogP contribution in [-0.4, -0.2) is 12.4 Å². The molecule has 5 heteroatoms. The standard InChI is InChI=1S/C11H11F2NO2/c1-6(15)5-16-7(2)11-9(13)3-8(12)4-10(11)14/h3-4H,2,5,14H2,1H3. The van der Waals surface area contributed by atoms with Gasteiger partial charge in [-0.1, -0.05) is 6.58 Å². The molecule has 0 radical (unpaired) electrons. The molecule has 0 saturated heterocycles. The number of carbonyl (C=O) groups excluding carboxylic acids is 1. The zero-order valence-corrected chi connectivity index (χ0v) is 8.72. The normalized spacial score (nSPS) is 9.94. The van der Waals surface area contributed by atoms with Crippen molar-refractivity contribution in [1.29, 1.82) is 0 Å². The molecule has 0 aliphatic rings. The highest BCUT2D eigenvalue weighted by atomic mass is 19.1. The van der Waals surface area contributed by atoms with Gasteiger partial charge in [-0.25, -0.2) is 8.78 Å². The van der Waals surface area contributed by atoms with Crippen molar-refractivity contribution in [2.75, 3.05) is 12.3 Å².